The minimum Gasteiger partial charge on any atom is -0.495 e. The Bertz CT molecular complexity index is 712. The Hall–Kier alpha value is -1.88. The van der Waals surface area contributed by atoms with E-state index in [1.54, 1.807) is 13.3 Å². The average Bonchev–Trinajstić information content (AvgIpc) is 3.41. The maximum absolute atomic E-state index is 12.6. The molecule has 0 saturated heterocycles. The van der Waals surface area contributed by atoms with Gasteiger partial charge in [-0.15, -0.1) is 0 Å². The van der Waals surface area contributed by atoms with E-state index in [0.717, 1.165) is 35.8 Å². The van der Waals surface area contributed by atoms with Crippen LogP contribution in [-0.4, -0.2) is 24.5 Å². The van der Waals surface area contributed by atoms with E-state index in [2.05, 4.69) is 38.4 Å². The normalized spacial score (nSPS) is 14.9. The molecule has 1 amide bonds. The topological polar surface area (TPSA) is 51.2 Å². The Morgan fingerprint density at radius 3 is 2.79 bits per heavy atom. The fraction of sp³-hybridized carbons (Fsp3) is 0.368. The number of carbonyl (C=O) groups excluding carboxylic acids is 1. The first-order valence-corrected chi connectivity index (χ1v) is 8.97. The molecule has 0 radical (unpaired) electrons. The zero-order chi connectivity index (χ0) is 17.0. The van der Waals surface area contributed by atoms with Gasteiger partial charge in [0, 0.05) is 11.0 Å². The zero-order valence-corrected chi connectivity index (χ0v) is 15.3. The second-order valence-corrected chi connectivity index (χ2v) is 7.07. The van der Waals surface area contributed by atoms with Crippen molar-refractivity contribution in [2.24, 2.45) is 0 Å². The largest absolute Gasteiger partial charge is 0.495 e. The number of methoxy groups -OCH3 is 1. The summed E-state index contributed by atoms with van der Waals surface area (Å²) in [6.45, 7) is 0.684. The molecule has 0 bridgehead atoms. The molecular weight excluding hydrogens is 368 g/mol. The van der Waals surface area contributed by atoms with Gasteiger partial charge < -0.3 is 10.1 Å². The molecule has 1 heterocycles. The number of hydrogen-bond donors (Lipinski definition) is 1. The second-order valence-electron chi connectivity index (χ2n) is 6.15. The highest BCUT2D eigenvalue weighted by Gasteiger charge is 2.52. The number of benzene rings is 1. The summed E-state index contributed by atoms with van der Waals surface area (Å²) < 4.78 is 6.22. The van der Waals surface area contributed by atoms with Gasteiger partial charge in [-0.25, -0.2) is 0 Å². The summed E-state index contributed by atoms with van der Waals surface area (Å²) in [6, 6.07) is 12.0. The van der Waals surface area contributed by atoms with Crippen LogP contribution in [0.25, 0.3) is 0 Å². The summed E-state index contributed by atoms with van der Waals surface area (Å²) in [4.78, 5) is 17.0. The number of carbonyl (C=O) groups is 1. The van der Waals surface area contributed by atoms with Crippen LogP contribution in [0.5, 0.6) is 5.75 Å². The van der Waals surface area contributed by atoms with Crippen molar-refractivity contribution in [3.63, 3.8) is 0 Å². The molecule has 0 unspecified atom stereocenters. The third-order valence-electron chi connectivity index (χ3n) is 4.46. The Morgan fingerprint density at radius 2 is 2.17 bits per heavy atom. The van der Waals surface area contributed by atoms with Gasteiger partial charge in [-0.2, -0.15) is 0 Å². The van der Waals surface area contributed by atoms with Crippen LogP contribution in [-0.2, 0) is 16.6 Å². The van der Waals surface area contributed by atoms with E-state index in [-0.39, 0.29) is 5.91 Å². The van der Waals surface area contributed by atoms with Crippen molar-refractivity contribution in [1.82, 2.24) is 10.3 Å². The fourth-order valence-corrected chi connectivity index (χ4v) is 3.31. The molecule has 1 N–H and O–H groups in total. The Morgan fingerprint density at radius 1 is 1.33 bits per heavy atom. The Labute approximate surface area is 150 Å². The second kappa shape index (κ2) is 7.34. The molecule has 126 valence electrons. The van der Waals surface area contributed by atoms with Crippen LogP contribution in [0.1, 0.15) is 30.5 Å². The van der Waals surface area contributed by atoms with E-state index < -0.39 is 5.41 Å². The molecule has 5 heteroatoms. The summed E-state index contributed by atoms with van der Waals surface area (Å²) in [7, 11) is 1.61. The molecule has 0 atom stereocenters. The van der Waals surface area contributed by atoms with Gasteiger partial charge in [-0.1, -0.05) is 28.1 Å². The number of aromatic nitrogens is 1. The molecule has 0 spiro atoms. The van der Waals surface area contributed by atoms with Crippen LogP contribution in [0.15, 0.2) is 47.1 Å². The molecule has 0 aliphatic heterocycles. The molecule has 3 rings (SSSR count). The van der Waals surface area contributed by atoms with E-state index in [1.807, 2.05) is 24.3 Å². The lowest BCUT2D eigenvalue weighted by Gasteiger charge is -2.15. The minimum atomic E-state index is -0.429. The van der Waals surface area contributed by atoms with Crippen LogP contribution in [0.3, 0.4) is 0 Å². The third kappa shape index (κ3) is 3.78. The average molecular weight is 389 g/mol. The van der Waals surface area contributed by atoms with Crippen molar-refractivity contribution in [3.8, 4) is 5.75 Å². The van der Waals surface area contributed by atoms with E-state index in [0.29, 0.717) is 12.3 Å². The number of amides is 1. The summed E-state index contributed by atoms with van der Waals surface area (Å²) in [5.41, 5.74) is 1.69. The molecule has 1 fully saturated rings. The van der Waals surface area contributed by atoms with Gasteiger partial charge in [-0.3, -0.25) is 9.78 Å². The zero-order valence-electron chi connectivity index (χ0n) is 13.7. The molecule has 24 heavy (non-hydrogen) atoms. The molecular formula is C19H21BrN2O2. The van der Waals surface area contributed by atoms with Crippen molar-refractivity contribution in [2.75, 3.05) is 13.7 Å². The lowest BCUT2D eigenvalue weighted by Crippen LogP contribution is -2.36. The van der Waals surface area contributed by atoms with Gasteiger partial charge in [-0.05, 0) is 55.5 Å². The van der Waals surface area contributed by atoms with E-state index in [1.165, 1.54) is 5.56 Å². The summed E-state index contributed by atoms with van der Waals surface area (Å²) >= 11 is 3.48. The molecule has 1 aliphatic carbocycles. The van der Waals surface area contributed by atoms with Crippen molar-refractivity contribution < 1.29 is 9.53 Å². The number of halogens is 1. The first-order valence-electron chi connectivity index (χ1n) is 8.17. The number of ether oxygens (including phenoxy) is 1. The van der Waals surface area contributed by atoms with Crippen LogP contribution in [0.4, 0.5) is 0 Å². The summed E-state index contributed by atoms with van der Waals surface area (Å²) in [5, 5.41) is 3.08. The standard InChI is InChI=1S/C19H21BrN2O2/c1-24-16-7-8-17(22-13-16)19(9-10-19)18(23)21-11-3-5-14-4-2-6-15(20)12-14/h2,4,6-8,12-13H,3,5,9-11H2,1H3,(H,21,23). The van der Waals surface area contributed by atoms with Gasteiger partial charge in [0.25, 0.3) is 0 Å². The number of rotatable bonds is 7. The predicted molar refractivity (Wildman–Crippen MR) is 97.2 cm³/mol. The number of aryl methyl sites for hydroxylation is 1. The Balaban J connectivity index is 1.51. The lowest BCUT2D eigenvalue weighted by molar-refractivity contribution is -0.123. The summed E-state index contributed by atoms with van der Waals surface area (Å²) in [6.07, 6.45) is 5.28. The molecule has 1 aromatic carbocycles. The highest BCUT2D eigenvalue weighted by atomic mass is 79.9. The predicted octanol–water partition coefficient (Wildman–Crippen LogP) is 3.63. The highest BCUT2D eigenvalue weighted by molar-refractivity contribution is 9.10. The molecule has 1 saturated carbocycles. The lowest BCUT2D eigenvalue weighted by atomic mass is 10.0. The van der Waals surface area contributed by atoms with Gasteiger partial charge in [0.05, 0.1) is 24.4 Å². The quantitative estimate of drug-likeness (QED) is 0.736. The fourth-order valence-electron chi connectivity index (χ4n) is 2.86. The maximum atomic E-state index is 12.6. The Kier molecular flexibility index (Phi) is 5.19. The number of pyridine rings is 1. The maximum Gasteiger partial charge on any atom is 0.232 e. The van der Waals surface area contributed by atoms with Gasteiger partial charge in [0.2, 0.25) is 5.91 Å². The van der Waals surface area contributed by atoms with E-state index in [9.17, 15) is 4.79 Å². The smallest absolute Gasteiger partial charge is 0.232 e. The third-order valence-corrected chi connectivity index (χ3v) is 4.96. The van der Waals surface area contributed by atoms with Gasteiger partial charge >= 0.3 is 0 Å². The highest BCUT2D eigenvalue weighted by Crippen LogP contribution is 2.47. The first-order chi connectivity index (χ1) is 11.6. The van der Waals surface area contributed by atoms with E-state index >= 15 is 0 Å². The van der Waals surface area contributed by atoms with Crippen LogP contribution in [0, 0.1) is 0 Å². The number of nitrogens with zero attached hydrogens (tertiary/aromatic N) is 1. The first kappa shape index (κ1) is 17.0. The van der Waals surface area contributed by atoms with Gasteiger partial charge in [0.1, 0.15) is 5.75 Å². The number of hydrogen-bond acceptors (Lipinski definition) is 3. The number of nitrogens with one attached hydrogen (secondary N) is 1. The van der Waals surface area contributed by atoms with Crippen LogP contribution < -0.4 is 10.1 Å². The van der Waals surface area contributed by atoms with Gasteiger partial charge in [0.15, 0.2) is 0 Å². The monoisotopic (exact) mass is 388 g/mol. The van der Waals surface area contributed by atoms with Crippen molar-refractivity contribution in [3.05, 3.63) is 58.3 Å². The van der Waals surface area contributed by atoms with E-state index in [4.69, 9.17) is 4.74 Å². The molecule has 1 aliphatic rings. The molecule has 2 aromatic rings. The van der Waals surface area contributed by atoms with Crippen LogP contribution >= 0.6 is 15.9 Å². The van der Waals surface area contributed by atoms with Crippen molar-refractivity contribution in [1.29, 1.82) is 0 Å². The molecule has 1 aromatic heterocycles. The SMILES string of the molecule is COc1ccc(C2(C(=O)NCCCc3cccc(Br)c3)CC2)nc1. The molecule has 4 nitrogen and oxygen atoms in total. The minimum absolute atomic E-state index is 0.0920. The van der Waals surface area contributed by atoms with Crippen molar-refractivity contribution >= 4 is 21.8 Å². The van der Waals surface area contributed by atoms with Crippen molar-refractivity contribution in [2.45, 2.75) is 31.1 Å². The van der Waals surface area contributed by atoms with Crippen LogP contribution in [0.2, 0.25) is 0 Å². The summed E-state index contributed by atoms with van der Waals surface area (Å²) in [5.74, 6) is 0.804.